The average Bonchev–Trinajstić information content (AvgIpc) is 2.37. The van der Waals surface area contributed by atoms with Crippen molar-refractivity contribution in [1.29, 1.82) is 0 Å². The summed E-state index contributed by atoms with van der Waals surface area (Å²) in [5, 5.41) is 0. The number of Topliss-reactive ketones (excluding diaryl/α,β-unsaturated/α-hetero) is 1. The highest BCUT2D eigenvalue weighted by Crippen LogP contribution is 2.29. The number of hydrogen-bond acceptors (Lipinski definition) is 3. The molecule has 1 atom stereocenters. The Morgan fingerprint density at radius 1 is 1.29 bits per heavy atom. The maximum atomic E-state index is 12.9. The van der Waals surface area contributed by atoms with Gasteiger partial charge in [0.2, 0.25) is 10.0 Å². The highest BCUT2D eigenvalue weighted by atomic mass is 32.2. The van der Waals surface area contributed by atoms with E-state index in [-0.39, 0.29) is 11.8 Å². The highest BCUT2D eigenvalue weighted by Gasteiger charge is 2.34. The molecule has 0 spiro atoms. The molecule has 1 fully saturated rings. The minimum Gasteiger partial charge on any atom is -0.300 e. The van der Waals surface area contributed by atoms with Crippen molar-refractivity contribution in [3.63, 3.8) is 0 Å². The zero-order chi connectivity index (χ0) is 15.6. The van der Waals surface area contributed by atoms with Crippen molar-refractivity contribution in [1.82, 2.24) is 4.31 Å². The van der Waals surface area contributed by atoms with Gasteiger partial charge in [0.05, 0.1) is 4.90 Å². The number of benzene rings is 1. The summed E-state index contributed by atoms with van der Waals surface area (Å²) in [4.78, 5) is 11.8. The molecule has 1 aliphatic rings. The van der Waals surface area contributed by atoms with Crippen molar-refractivity contribution >= 4 is 15.8 Å². The molecular formula is C16H23NO3S. The third-order valence-corrected chi connectivity index (χ3v) is 6.13. The van der Waals surface area contributed by atoms with Gasteiger partial charge in [0.25, 0.3) is 0 Å². The molecule has 0 bridgehead atoms. The SMILES string of the molecule is CC(=O)CC1CCCCN1S(=O)(=O)c1ccc(C)cc1C. The molecule has 1 aromatic rings. The van der Waals surface area contributed by atoms with Crippen LogP contribution >= 0.6 is 0 Å². The molecule has 1 unspecified atom stereocenters. The fourth-order valence-electron chi connectivity index (χ4n) is 3.04. The van der Waals surface area contributed by atoms with E-state index < -0.39 is 10.0 Å². The van der Waals surface area contributed by atoms with Gasteiger partial charge in [0.15, 0.2) is 0 Å². The van der Waals surface area contributed by atoms with Gasteiger partial charge in [0.1, 0.15) is 5.78 Å². The van der Waals surface area contributed by atoms with Gasteiger partial charge in [0, 0.05) is 19.0 Å². The van der Waals surface area contributed by atoms with E-state index in [2.05, 4.69) is 0 Å². The van der Waals surface area contributed by atoms with Crippen molar-refractivity contribution in [3.05, 3.63) is 29.3 Å². The summed E-state index contributed by atoms with van der Waals surface area (Å²) in [5.74, 6) is 0.0442. The van der Waals surface area contributed by atoms with Crippen molar-refractivity contribution in [3.8, 4) is 0 Å². The zero-order valence-electron chi connectivity index (χ0n) is 12.9. The van der Waals surface area contributed by atoms with Crippen molar-refractivity contribution in [2.45, 2.75) is 57.4 Å². The zero-order valence-corrected chi connectivity index (χ0v) is 13.7. The molecule has 1 heterocycles. The molecule has 0 aromatic heterocycles. The van der Waals surface area contributed by atoms with Crippen molar-refractivity contribution < 1.29 is 13.2 Å². The van der Waals surface area contributed by atoms with Gasteiger partial charge in [-0.3, -0.25) is 4.79 Å². The summed E-state index contributed by atoms with van der Waals surface area (Å²) >= 11 is 0. The molecule has 1 aliphatic heterocycles. The lowest BCUT2D eigenvalue weighted by atomic mass is 10.0. The van der Waals surface area contributed by atoms with E-state index in [4.69, 9.17) is 0 Å². The van der Waals surface area contributed by atoms with E-state index in [1.807, 2.05) is 26.0 Å². The molecule has 0 saturated carbocycles. The van der Waals surface area contributed by atoms with Gasteiger partial charge < -0.3 is 0 Å². The number of aryl methyl sites for hydroxylation is 2. The highest BCUT2D eigenvalue weighted by molar-refractivity contribution is 7.89. The van der Waals surface area contributed by atoms with Crippen LogP contribution < -0.4 is 0 Å². The molecule has 1 aromatic carbocycles. The Kier molecular flexibility index (Phi) is 4.84. The quantitative estimate of drug-likeness (QED) is 0.859. The van der Waals surface area contributed by atoms with Crippen LogP contribution in [-0.4, -0.2) is 31.1 Å². The second kappa shape index (κ2) is 6.28. The van der Waals surface area contributed by atoms with Gasteiger partial charge in [-0.05, 0) is 45.2 Å². The molecule has 0 radical (unpaired) electrons. The first-order chi connectivity index (χ1) is 9.82. The third kappa shape index (κ3) is 3.52. The Labute approximate surface area is 127 Å². The van der Waals surface area contributed by atoms with Crippen molar-refractivity contribution in [2.75, 3.05) is 6.54 Å². The van der Waals surface area contributed by atoms with E-state index in [1.165, 1.54) is 11.2 Å². The fourth-order valence-corrected chi connectivity index (χ4v) is 4.94. The van der Waals surface area contributed by atoms with Crippen LogP contribution in [0.1, 0.15) is 43.7 Å². The number of nitrogens with zero attached hydrogens (tertiary/aromatic N) is 1. The Hall–Kier alpha value is -1.20. The number of sulfonamides is 1. The predicted molar refractivity (Wildman–Crippen MR) is 82.7 cm³/mol. The number of piperidine rings is 1. The second-order valence-corrected chi connectivity index (χ2v) is 7.80. The lowest BCUT2D eigenvalue weighted by Gasteiger charge is -2.34. The van der Waals surface area contributed by atoms with Crippen LogP contribution in [0.25, 0.3) is 0 Å². The van der Waals surface area contributed by atoms with Gasteiger partial charge in [-0.1, -0.05) is 24.1 Å². The minimum atomic E-state index is -3.52. The first-order valence-corrected chi connectivity index (χ1v) is 8.85. The number of carbonyl (C=O) groups excluding carboxylic acids is 1. The number of hydrogen-bond donors (Lipinski definition) is 0. The maximum Gasteiger partial charge on any atom is 0.243 e. The lowest BCUT2D eigenvalue weighted by molar-refractivity contribution is -0.118. The van der Waals surface area contributed by atoms with Gasteiger partial charge in [-0.15, -0.1) is 0 Å². The molecule has 21 heavy (non-hydrogen) atoms. The molecule has 2 rings (SSSR count). The predicted octanol–water partition coefficient (Wildman–Crippen LogP) is 2.83. The molecule has 0 amide bonds. The largest absolute Gasteiger partial charge is 0.300 e. The normalized spacial score (nSPS) is 20.4. The summed E-state index contributed by atoms with van der Waals surface area (Å²) in [6.45, 7) is 5.80. The monoisotopic (exact) mass is 309 g/mol. The van der Waals surface area contributed by atoms with Crippen LogP contribution in [0.2, 0.25) is 0 Å². The molecule has 1 saturated heterocycles. The minimum absolute atomic E-state index is 0.0442. The van der Waals surface area contributed by atoms with Crippen LogP contribution in [0.4, 0.5) is 0 Å². The molecule has 116 valence electrons. The molecule has 0 N–H and O–H groups in total. The van der Waals surface area contributed by atoms with E-state index >= 15 is 0 Å². The maximum absolute atomic E-state index is 12.9. The summed E-state index contributed by atoms with van der Waals surface area (Å²) in [6, 6.07) is 5.20. The van der Waals surface area contributed by atoms with Gasteiger partial charge in [-0.25, -0.2) is 8.42 Å². The average molecular weight is 309 g/mol. The van der Waals surface area contributed by atoms with Crippen LogP contribution in [-0.2, 0) is 14.8 Å². The van der Waals surface area contributed by atoms with E-state index in [1.54, 1.807) is 6.07 Å². The van der Waals surface area contributed by atoms with Crippen LogP contribution in [0.5, 0.6) is 0 Å². The number of ketones is 1. The van der Waals surface area contributed by atoms with Crippen LogP contribution in [0, 0.1) is 13.8 Å². The Morgan fingerprint density at radius 3 is 2.62 bits per heavy atom. The standard InChI is InChI=1S/C16H23NO3S/c1-12-7-8-16(13(2)10-12)21(19,20)17-9-5-4-6-15(17)11-14(3)18/h7-8,10,15H,4-6,9,11H2,1-3H3. The van der Waals surface area contributed by atoms with Crippen LogP contribution in [0.15, 0.2) is 23.1 Å². The topological polar surface area (TPSA) is 54.5 Å². The first kappa shape index (κ1) is 16.2. The lowest BCUT2D eigenvalue weighted by Crippen LogP contribution is -2.44. The summed E-state index contributed by atoms with van der Waals surface area (Å²) < 4.78 is 27.4. The summed E-state index contributed by atoms with van der Waals surface area (Å²) in [7, 11) is -3.52. The van der Waals surface area contributed by atoms with E-state index in [0.717, 1.165) is 30.4 Å². The Morgan fingerprint density at radius 2 is 2.00 bits per heavy atom. The van der Waals surface area contributed by atoms with Crippen molar-refractivity contribution in [2.24, 2.45) is 0 Å². The third-order valence-electron chi connectivity index (χ3n) is 4.01. The van der Waals surface area contributed by atoms with E-state index in [9.17, 15) is 13.2 Å². The first-order valence-electron chi connectivity index (χ1n) is 7.41. The summed E-state index contributed by atoms with van der Waals surface area (Å²) in [5.41, 5.74) is 1.81. The summed E-state index contributed by atoms with van der Waals surface area (Å²) in [6.07, 6.45) is 2.92. The molecule has 0 aliphatic carbocycles. The number of carbonyl (C=O) groups is 1. The Balaban J connectivity index is 2.38. The van der Waals surface area contributed by atoms with Gasteiger partial charge >= 0.3 is 0 Å². The second-order valence-electron chi connectivity index (χ2n) is 5.94. The fraction of sp³-hybridized carbons (Fsp3) is 0.562. The molecular weight excluding hydrogens is 286 g/mol. The number of rotatable bonds is 4. The smallest absolute Gasteiger partial charge is 0.243 e. The molecule has 5 heteroatoms. The van der Waals surface area contributed by atoms with Crippen LogP contribution in [0.3, 0.4) is 0 Å². The van der Waals surface area contributed by atoms with E-state index in [0.29, 0.717) is 17.9 Å². The van der Waals surface area contributed by atoms with Gasteiger partial charge in [-0.2, -0.15) is 4.31 Å². The molecule has 4 nitrogen and oxygen atoms in total. The Bertz CT molecular complexity index is 637.